The van der Waals surface area contributed by atoms with Crippen LogP contribution in [-0.4, -0.2) is 38.7 Å². The van der Waals surface area contributed by atoms with Gasteiger partial charge in [-0.1, -0.05) is 12.1 Å². The first-order chi connectivity index (χ1) is 12.7. The van der Waals surface area contributed by atoms with E-state index in [1.54, 1.807) is 24.5 Å². The van der Waals surface area contributed by atoms with E-state index in [-0.39, 0.29) is 24.0 Å². The molecule has 27 heavy (non-hydrogen) atoms. The monoisotopic (exact) mass is 506 g/mol. The minimum Gasteiger partial charge on any atom is -0.363 e. The van der Waals surface area contributed by atoms with Gasteiger partial charge in [0.1, 0.15) is 0 Å². The normalized spacial score (nSPS) is 15.4. The predicted octanol–water partition coefficient (Wildman–Crippen LogP) is 4.02. The summed E-state index contributed by atoms with van der Waals surface area (Å²) in [7, 11) is 1.72. The van der Waals surface area contributed by atoms with Gasteiger partial charge in [0, 0.05) is 32.7 Å². The van der Waals surface area contributed by atoms with E-state index < -0.39 is 11.6 Å². The standard InChI is InChI=1S/C19H24F2N4S.HI/c1-22-19(23-10-7-14-4-2-5-16(20)18(14)21)24-15-8-11-25(12-9-15)17-6-3-13-26-17;/h2-6,13,15H,7-12H2,1H3,(H2,22,23,24);1H. The van der Waals surface area contributed by atoms with Crippen molar-refractivity contribution in [3.05, 3.63) is 52.9 Å². The van der Waals surface area contributed by atoms with E-state index in [0.717, 1.165) is 32.0 Å². The van der Waals surface area contributed by atoms with Crippen LogP contribution in [0.5, 0.6) is 0 Å². The summed E-state index contributed by atoms with van der Waals surface area (Å²) in [5.41, 5.74) is 0.372. The maximum atomic E-state index is 13.7. The van der Waals surface area contributed by atoms with Crippen molar-refractivity contribution in [3.63, 3.8) is 0 Å². The topological polar surface area (TPSA) is 39.7 Å². The number of aliphatic imine (C=N–C) groups is 1. The van der Waals surface area contributed by atoms with Crippen LogP contribution >= 0.6 is 35.3 Å². The molecule has 1 aromatic carbocycles. The fourth-order valence-electron chi connectivity index (χ4n) is 3.14. The number of hydrogen-bond donors (Lipinski definition) is 2. The summed E-state index contributed by atoms with van der Waals surface area (Å²) < 4.78 is 26.9. The second-order valence-corrected chi connectivity index (χ2v) is 7.25. The molecular weight excluding hydrogens is 481 g/mol. The molecule has 1 aliphatic heterocycles. The Kier molecular flexibility index (Phi) is 8.75. The second-order valence-electron chi connectivity index (χ2n) is 6.32. The molecule has 0 atom stereocenters. The Balaban J connectivity index is 0.00000261. The zero-order valence-electron chi connectivity index (χ0n) is 15.3. The Bertz CT molecular complexity index is 731. The van der Waals surface area contributed by atoms with Crippen LogP contribution in [0.4, 0.5) is 13.8 Å². The lowest BCUT2D eigenvalue weighted by Gasteiger charge is -2.33. The predicted molar refractivity (Wildman–Crippen MR) is 120 cm³/mol. The molecular formula is C19H25F2IN4S. The number of hydrogen-bond acceptors (Lipinski definition) is 3. The van der Waals surface area contributed by atoms with Crippen LogP contribution in [-0.2, 0) is 6.42 Å². The van der Waals surface area contributed by atoms with Gasteiger partial charge in [-0.25, -0.2) is 8.78 Å². The average Bonchev–Trinajstić information content (AvgIpc) is 3.19. The molecule has 148 valence electrons. The molecule has 0 saturated carbocycles. The molecule has 3 rings (SSSR count). The minimum atomic E-state index is -0.803. The Labute approximate surface area is 180 Å². The van der Waals surface area contributed by atoms with Crippen LogP contribution in [0.3, 0.4) is 0 Å². The number of guanidine groups is 1. The highest BCUT2D eigenvalue weighted by atomic mass is 127. The van der Waals surface area contributed by atoms with Crippen molar-refractivity contribution in [1.29, 1.82) is 0 Å². The number of halogens is 3. The number of thiophene rings is 1. The van der Waals surface area contributed by atoms with Crippen LogP contribution in [0.2, 0.25) is 0 Å². The number of benzene rings is 1. The van der Waals surface area contributed by atoms with Crippen LogP contribution < -0.4 is 15.5 Å². The molecule has 0 unspecified atom stereocenters. The third-order valence-corrected chi connectivity index (χ3v) is 5.52. The van der Waals surface area contributed by atoms with E-state index in [4.69, 9.17) is 0 Å². The molecule has 8 heteroatoms. The molecule has 1 saturated heterocycles. The van der Waals surface area contributed by atoms with Crippen molar-refractivity contribution >= 4 is 46.3 Å². The first kappa shape index (κ1) is 21.9. The molecule has 0 radical (unpaired) electrons. The SMILES string of the molecule is CN=C(NCCc1cccc(F)c1F)NC1CCN(c2cccs2)CC1.I. The molecule has 1 aliphatic rings. The van der Waals surface area contributed by atoms with Crippen LogP contribution in [0.1, 0.15) is 18.4 Å². The van der Waals surface area contributed by atoms with Crippen LogP contribution in [0.25, 0.3) is 0 Å². The molecule has 0 amide bonds. The lowest BCUT2D eigenvalue weighted by molar-refractivity contribution is 0.462. The first-order valence-corrected chi connectivity index (χ1v) is 9.74. The average molecular weight is 506 g/mol. The van der Waals surface area contributed by atoms with E-state index in [9.17, 15) is 8.78 Å². The summed E-state index contributed by atoms with van der Waals surface area (Å²) >= 11 is 1.77. The molecule has 2 aromatic rings. The summed E-state index contributed by atoms with van der Waals surface area (Å²) in [4.78, 5) is 6.65. The summed E-state index contributed by atoms with van der Waals surface area (Å²) in [5.74, 6) is -0.864. The largest absolute Gasteiger partial charge is 0.363 e. The van der Waals surface area contributed by atoms with Gasteiger partial charge in [0.05, 0.1) is 5.00 Å². The summed E-state index contributed by atoms with van der Waals surface area (Å²) in [6.07, 6.45) is 2.48. The third-order valence-electron chi connectivity index (χ3n) is 4.60. The number of rotatable bonds is 5. The zero-order chi connectivity index (χ0) is 18.4. The van der Waals surface area contributed by atoms with Gasteiger partial charge in [-0.3, -0.25) is 4.99 Å². The first-order valence-electron chi connectivity index (χ1n) is 8.86. The number of nitrogens with one attached hydrogen (secondary N) is 2. The maximum Gasteiger partial charge on any atom is 0.191 e. The van der Waals surface area contributed by atoms with E-state index in [2.05, 4.69) is 38.0 Å². The highest BCUT2D eigenvalue weighted by molar-refractivity contribution is 14.0. The summed E-state index contributed by atoms with van der Waals surface area (Å²) in [6.45, 7) is 2.53. The maximum absolute atomic E-state index is 13.7. The Hall–Kier alpha value is -1.42. The molecule has 2 N–H and O–H groups in total. The number of piperidine rings is 1. The van der Waals surface area contributed by atoms with Crippen molar-refractivity contribution in [2.45, 2.75) is 25.3 Å². The van der Waals surface area contributed by atoms with E-state index in [1.165, 1.54) is 11.1 Å². The fourth-order valence-corrected chi connectivity index (χ4v) is 3.92. The van der Waals surface area contributed by atoms with Gasteiger partial charge in [-0.15, -0.1) is 35.3 Å². The molecule has 0 aliphatic carbocycles. The van der Waals surface area contributed by atoms with Gasteiger partial charge in [-0.2, -0.15) is 0 Å². The van der Waals surface area contributed by atoms with Gasteiger partial charge in [0.25, 0.3) is 0 Å². The molecule has 1 fully saturated rings. The van der Waals surface area contributed by atoms with Gasteiger partial charge in [0.15, 0.2) is 17.6 Å². The molecule has 2 heterocycles. The second kappa shape index (κ2) is 10.8. The third kappa shape index (κ3) is 6.03. The van der Waals surface area contributed by atoms with Crippen LogP contribution in [0.15, 0.2) is 40.7 Å². The molecule has 1 aromatic heterocycles. The Morgan fingerprint density at radius 2 is 2.00 bits per heavy atom. The fraction of sp³-hybridized carbons (Fsp3) is 0.421. The highest BCUT2D eigenvalue weighted by Gasteiger charge is 2.20. The minimum absolute atomic E-state index is 0. The van der Waals surface area contributed by atoms with E-state index in [0.29, 0.717) is 30.5 Å². The molecule has 0 bridgehead atoms. The summed E-state index contributed by atoms with van der Waals surface area (Å²) in [6, 6.07) is 8.87. The van der Waals surface area contributed by atoms with E-state index in [1.807, 2.05) is 0 Å². The van der Waals surface area contributed by atoms with Crippen molar-refractivity contribution in [2.24, 2.45) is 4.99 Å². The summed E-state index contributed by atoms with van der Waals surface area (Å²) in [5, 5.41) is 10.0. The Morgan fingerprint density at radius 1 is 1.22 bits per heavy atom. The molecule has 4 nitrogen and oxygen atoms in total. The molecule has 0 spiro atoms. The van der Waals surface area contributed by atoms with Gasteiger partial charge in [0.2, 0.25) is 0 Å². The van der Waals surface area contributed by atoms with Crippen molar-refractivity contribution < 1.29 is 8.78 Å². The lowest BCUT2D eigenvalue weighted by atomic mass is 10.1. The lowest BCUT2D eigenvalue weighted by Crippen LogP contribution is -2.49. The Morgan fingerprint density at radius 3 is 2.67 bits per heavy atom. The number of anilines is 1. The van der Waals surface area contributed by atoms with Gasteiger partial charge in [-0.05, 0) is 48.4 Å². The van der Waals surface area contributed by atoms with Crippen molar-refractivity contribution in [3.8, 4) is 0 Å². The van der Waals surface area contributed by atoms with Gasteiger partial charge >= 0.3 is 0 Å². The quantitative estimate of drug-likeness (QED) is 0.366. The highest BCUT2D eigenvalue weighted by Crippen LogP contribution is 2.24. The van der Waals surface area contributed by atoms with Crippen LogP contribution in [0, 0.1) is 11.6 Å². The number of nitrogens with zero attached hydrogens (tertiary/aromatic N) is 2. The zero-order valence-corrected chi connectivity index (χ0v) is 18.4. The van der Waals surface area contributed by atoms with Crippen molar-refractivity contribution in [2.75, 3.05) is 31.6 Å². The smallest absolute Gasteiger partial charge is 0.191 e. The van der Waals surface area contributed by atoms with Gasteiger partial charge < -0.3 is 15.5 Å². The van der Waals surface area contributed by atoms with Crippen molar-refractivity contribution in [1.82, 2.24) is 10.6 Å². The van der Waals surface area contributed by atoms with E-state index >= 15 is 0 Å².